The summed E-state index contributed by atoms with van der Waals surface area (Å²) in [6.07, 6.45) is 0. The Hall–Kier alpha value is -4.03. The molecular formula is C29H30N4O2. The SMILES string of the molecule is CC(=O)c1cccc(NC(=O)C(c2ccccc2)N(C)Cc2c(C)nn(-c3ccccc3)c2C)c1. The highest BCUT2D eigenvalue weighted by atomic mass is 16.2. The number of nitrogens with zero attached hydrogens (tertiary/aromatic N) is 3. The van der Waals surface area contributed by atoms with E-state index in [4.69, 9.17) is 5.10 Å². The molecule has 0 radical (unpaired) electrons. The van der Waals surface area contributed by atoms with Gasteiger partial charge in [-0.2, -0.15) is 5.10 Å². The minimum Gasteiger partial charge on any atom is -0.324 e. The van der Waals surface area contributed by atoms with Crippen LogP contribution in [-0.4, -0.2) is 33.4 Å². The summed E-state index contributed by atoms with van der Waals surface area (Å²) in [7, 11) is 1.95. The van der Waals surface area contributed by atoms with E-state index in [2.05, 4.69) is 12.2 Å². The largest absolute Gasteiger partial charge is 0.324 e. The molecular weight excluding hydrogens is 436 g/mol. The van der Waals surface area contributed by atoms with E-state index in [9.17, 15) is 9.59 Å². The number of likely N-dealkylation sites (N-methyl/N-ethyl adjacent to an activating group) is 1. The molecule has 0 bridgehead atoms. The Kier molecular flexibility index (Phi) is 7.22. The third-order valence-electron chi connectivity index (χ3n) is 6.19. The maximum atomic E-state index is 13.6. The molecule has 1 heterocycles. The van der Waals surface area contributed by atoms with Gasteiger partial charge in [-0.1, -0.05) is 60.7 Å². The second-order valence-corrected chi connectivity index (χ2v) is 8.75. The van der Waals surface area contributed by atoms with Gasteiger partial charge in [0.2, 0.25) is 5.91 Å². The van der Waals surface area contributed by atoms with Crippen LogP contribution in [0.25, 0.3) is 5.69 Å². The second kappa shape index (κ2) is 10.5. The number of carbonyl (C=O) groups excluding carboxylic acids is 2. The summed E-state index contributed by atoms with van der Waals surface area (Å²) in [5.74, 6) is -0.204. The zero-order valence-electron chi connectivity index (χ0n) is 20.5. The van der Waals surface area contributed by atoms with Gasteiger partial charge in [0.05, 0.1) is 11.4 Å². The number of aromatic nitrogens is 2. The molecule has 6 nitrogen and oxygen atoms in total. The van der Waals surface area contributed by atoms with Crippen molar-refractivity contribution in [3.8, 4) is 5.69 Å². The Bertz CT molecular complexity index is 1330. The van der Waals surface area contributed by atoms with Crippen LogP contribution in [0.3, 0.4) is 0 Å². The standard InChI is InChI=1S/C29H30N4O2/c1-20-27(21(2)33(31-20)26-16-9-6-10-17-26)19-32(4)28(23-12-7-5-8-13-23)29(35)30-25-15-11-14-24(18-25)22(3)34/h5-18,28H,19H2,1-4H3,(H,30,35). The first-order valence-electron chi connectivity index (χ1n) is 11.6. The fraction of sp³-hybridized carbons (Fsp3) is 0.207. The summed E-state index contributed by atoms with van der Waals surface area (Å²) in [6, 6.07) is 26.3. The Morgan fingerprint density at radius 1 is 0.943 bits per heavy atom. The smallest absolute Gasteiger partial charge is 0.246 e. The number of rotatable bonds is 8. The number of aryl methyl sites for hydroxylation is 1. The molecule has 1 unspecified atom stereocenters. The Balaban J connectivity index is 1.63. The zero-order valence-corrected chi connectivity index (χ0v) is 20.5. The first kappa shape index (κ1) is 24.1. The average Bonchev–Trinajstić information content (AvgIpc) is 3.14. The summed E-state index contributed by atoms with van der Waals surface area (Å²) in [6.45, 7) is 6.12. The van der Waals surface area contributed by atoms with Crippen LogP contribution in [0.2, 0.25) is 0 Å². The molecule has 4 aromatic rings. The Labute approximate surface area is 206 Å². The topological polar surface area (TPSA) is 67.2 Å². The Morgan fingerprint density at radius 3 is 2.26 bits per heavy atom. The molecule has 0 aliphatic rings. The van der Waals surface area contributed by atoms with E-state index in [-0.39, 0.29) is 11.7 Å². The van der Waals surface area contributed by atoms with Crippen LogP contribution in [0.5, 0.6) is 0 Å². The minimum absolute atomic E-state index is 0.0424. The fourth-order valence-corrected chi connectivity index (χ4v) is 4.33. The summed E-state index contributed by atoms with van der Waals surface area (Å²) in [5.41, 5.74) is 6.11. The average molecular weight is 467 g/mol. The molecule has 0 saturated heterocycles. The van der Waals surface area contributed by atoms with Crippen molar-refractivity contribution in [1.29, 1.82) is 0 Å². The third-order valence-corrected chi connectivity index (χ3v) is 6.19. The molecule has 1 N–H and O–H groups in total. The molecule has 3 aromatic carbocycles. The maximum Gasteiger partial charge on any atom is 0.246 e. The van der Waals surface area contributed by atoms with Crippen molar-refractivity contribution in [3.05, 3.63) is 113 Å². The quantitative estimate of drug-likeness (QED) is 0.348. The van der Waals surface area contributed by atoms with Crippen LogP contribution in [0.1, 0.15) is 45.8 Å². The van der Waals surface area contributed by atoms with E-state index in [1.165, 1.54) is 6.92 Å². The summed E-state index contributed by atoms with van der Waals surface area (Å²) < 4.78 is 1.95. The van der Waals surface area contributed by atoms with Crippen molar-refractivity contribution in [2.45, 2.75) is 33.4 Å². The van der Waals surface area contributed by atoms with Gasteiger partial charge in [0, 0.05) is 29.1 Å². The number of hydrogen-bond acceptors (Lipinski definition) is 4. The Morgan fingerprint density at radius 2 is 1.60 bits per heavy atom. The van der Waals surface area contributed by atoms with Crippen molar-refractivity contribution in [1.82, 2.24) is 14.7 Å². The van der Waals surface area contributed by atoms with Crippen molar-refractivity contribution < 1.29 is 9.59 Å². The summed E-state index contributed by atoms with van der Waals surface area (Å²) >= 11 is 0. The molecule has 1 amide bonds. The predicted octanol–water partition coefficient (Wildman–Crippen LogP) is 5.50. The molecule has 1 aromatic heterocycles. The van der Waals surface area contributed by atoms with E-state index >= 15 is 0 Å². The molecule has 4 rings (SSSR count). The van der Waals surface area contributed by atoms with Gasteiger partial charge in [-0.15, -0.1) is 0 Å². The van der Waals surface area contributed by atoms with Crippen molar-refractivity contribution in [2.24, 2.45) is 0 Å². The number of hydrogen-bond donors (Lipinski definition) is 1. The number of Topliss-reactive ketones (excluding diaryl/α,β-unsaturated/α-hetero) is 1. The van der Waals surface area contributed by atoms with Gasteiger partial charge in [-0.25, -0.2) is 4.68 Å². The molecule has 0 spiro atoms. The lowest BCUT2D eigenvalue weighted by molar-refractivity contribution is -0.121. The third kappa shape index (κ3) is 5.39. The molecule has 0 fully saturated rings. The van der Waals surface area contributed by atoms with Gasteiger partial charge in [0.15, 0.2) is 5.78 Å². The molecule has 0 aliphatic heterocycles. The minimum atomic E-state index is -0.531. The molecule has 1 atom stereocenters. The summed E-state index contributed by atoms with van der Waals surface area (Å²) in [4.78, 5) is 27.4. The number of nitrogens with one attached hydrogen (secondary N) is 1. The highest BCUT2D eigenvalue weighted by Crippen LogP contribution is 2.26. The fourth-order valence-electron chi connectivity index (χ4n) is 4.33. The molecule has 35 heavy (non-hydrogen) atoms. The first-order valence-corrected chi connectivity index (χ1v) is 11.6. The van der Waals surface area contributed by atoms with Crippen LogP contribution >= 0.6 is 0 Å². The number of ketones is 1. The van der Waals surface area contributed by atoms with E-state index in [0.717, 1.165) is 28.2 Å². The highest BCUT2D eigenvalue weighted by Gasteiger charge is 2.27. The number of anilines is 1. The van der Waals surface area contributed by atoms with Gasteiger partial charge in [0.1, 0.15) is 6.04 Å². The van der Waals surface area contributed by atoms with E-state index in [1.807, 2.05) is 84.2 Å². The molecule has 6 heteroatoms. The normalized spacial score (nSPS) is 11.9. The molecule has 0 saturated carbocycles. The number of benzene rings is 3. The first-order chi connectivity index (χ1) is 16.8. The van der Waals surface area contributed by atoms with Crippen LogP contribution in [0.15, 0.2) is 84.9 Å². The van der Waals surface area contributed by atoms with Crippen LogP contribution in [0, 0.1) is 13.8 Å². The van der Waals surface area contributed by atoms with E-state index in [1.54, 1.807) is 24.3 Å². The van der Waals surface area contributed by atoms with E-state index in [0.29, 0.717) is 17.8 Å². The maximum absolute atomic E-state index is 13.6. The van der Waals surface area contributed by atoms with Crippen molar-refractivity contribution >= 4 is 17.4 Å². The lowest BCUT2D eigenvalue weighted by Gasteiger charge is -2.28. The monoisotopic (exact) mass is 466 g/mol. The summed E-state index contributed by atoms with van der Waals surface area (Å²) in [5, 5.41) is 7.77. The number of carbonyl (C=O) groups is 2. The lowest BCUT2D eigenvalue weighted by atomic mass is 10.0. The van der Waals surface area contributed by atoms with Crippen LogP contribution in [-0.2, 0) is 11.3 Å². The van der Waals surface area contributed by atoms with Crippen LogP contribution in [0.4, 0.5) is 5.69 Å². The van der Waals surface area contributed by atoms with Gasteiger partial charge in [-0.3, -0.25) is 14.5 Å². The van der Waals surface area contributed by atoms with Gasteiger partial charge < -0.3 is 5.32 Å². The molecule has 178 valence electrons. The molecule has 0 aliphatic carbocycles. The lowest BCUT2D eigenvalue weighted by Crippen LogP contribution is -2.34. The van der Waals surface area contributed by atoms with Crippen molar-refractivity contribution in [2.75, 3.05) is 12.4 Å². The zero-order chi connectivity index (χ0) is 24.9. The van der Waals surface area contributed by atoms with Gasteiger partial charge in [-0.05, 0) is 57.6 Å². The van der Waals surface area contributed by atoms with Crippen LogP contribution < -0.4 is 5.32 Å². The number of amides is 1. The predicted molar refractivity (Wildman–Crippen MR) is 139 cm³/mol. The van der Waals surface area contributed by atoms with Crippen molar-refractivity contribution in [3.63, 3.8) is 0 Å². The van der Waals surface area contributed by atoms with Gasteiger partial charge >= 0.3 is 0 Å². The van der Waals surface area contributed by atoms with E-state index < -0.39 is 6.04 Å². The number of para-hydroxylation sites is 1. The van der Waals surface area contributed by atoms with Gasteiger partial charge in [0.25, 0.3) is 0 Å². The highest BCUT2D eigenvalue weighted by molar-refractivity contribution is 5.98. The second-order valence-electron chi connectivity index (χ2n) is 8.75.